The molecule has 0 N–H and O–H groups in total. The lowest BCUT2D eigenvalue weighted by atomic mass is 10.1. The minimum Gasteiger partial charge on any atom is -0.455 e. The van der Waals surface area contributed by atoms with Crippen LogP contribution in [0.2, 0.25) is 0 Å². The third kappa shape index (κ3) is 3.08. The van der Waals surface area contributed by atoms with Crippen LogP contribution < -0.4 is 9.47 Å². The molecule has 1 aliphatic heterocycles. The number of aromatic nitrogens is 2. The number of hydrogen-bond acceptors (Lipinski definition) is 8. The molecular formula is C17H14N2O5S. The molecule has 0 bridgehead atoms. The van der Waals surface area contributed by atoms with Crippen molar-refractivity contribution in [3.63, 3.8) is 0 Å². The van der Waals surface area contributed by atoms with Gasteiger partial charge in [0.1, 0.15) is 17.2 Å². The molecule has 0 fully saturated rings. The number of carbonyl (C=O) groups is 1. The second kappa shape index (κ2) is 6.21. The zero-order chi connectivity index (χ0) is 17.4. The average molecular weight is 358 g/mol. The van der Waals surface area contributed by atoms with Crippen LogP contribution in [0.1, 0.15) is 26.1 Å². The lowest BCUT2D eigenvalue weighted by Crippen LogP contribution is -2.05. The van der Waals surface area contributed by atoms with E-state index in [-0.39, 0.29) is 13.4 Å². The molecular weight excluding hydrogens is 344 g/mol. The summed E-state index contributed by atoms with van der Waals surface area (Å²) >= 11 is 1.32. The highest BCUT2D eigenvalue weighted by atomic mass is 32.1. The summed E-state index contributed by atoms with van der Waals surface area (Å²) in [5.41, 5.74) is 2.01. The predicted molar refractivity (Wildman–Crippen MR) is 88.8 cm³/mol. The maximum absolute atomic E-state index is 12.1. The molecule has 25 heavy (non-hydrogen) atoms. The highest BCUT2D eigenvalue weighted by Gasteiger charge is 2.18. The molecule has 0 aliphatic carbocycles. The summed E-state index contributed by atoms with van der Waals surface area (Å²) in [5, 5.41) is 4.77. The Kier molecular flexibility index (Phi) is 3.89. The van der Waals surface area contributed by atoms with Crippen LogP contribution in [0.5, 0.6) is 11.5 Å². The van der Waals surface area contributed by atoms with E-state index in [2.05, 4.69) is 10.1 Å². The maximum Gasteiger partial charge on any atom is 0.350 e. The number of fused-ring (bicyclic) bond motifs is 1. The number of esters is 1. The van der Waals surface area contributed by atoms with Crippen molar-refractivity contribution >= 4 is 17.3 Å². The van der Waals surface area contributed by atoms with Crippen molar-refractivity contribution in [2.45, 2.75) is 20.5 Å². The maximum atomic E-state index is 12.1. The fourth-order valence-corrected chi connectivity index (χ4v) is 3.31. The Labute approximate surface area is 147 Å². The zero-order valence-electron chi connectivity index (χ0n) is 13.6. The number of rotatable bonds is 4. The van der Waals surface area contributed by atoms with Crippen LogP contribution >= 0.6 is 11.3 Å². The molecule has 3 aromatic rings. The van der Waals surface area contributed by atoms with Gasteiger partial charge in [0.15, 0.2) is 17.3 Å². The van der Waals surface area contributed by atoms with Crippen LogP contribution in [0.3, 0.4) is 0 Å². The number of aryl methyl sites for hydroxylation is 2. The Hall–Kier alpha value is -2.87. The number of ether oxygens (including phenoxy) is 3. The van der Waals surface area contributed by atoms with Gasteiger partial charge in [0.2, 0.25) is 6.79 Å². The first kappa shape index (κ1) is 15.6. The van der Waals surface area contributed by atoms with Gasteiger partial charge >= 0.3 is 5.97 Å². The third-order valence-corrected chi connectivity index (χ3v) is 4.71. The van der Waals surface area contributed by atoms with E-state index in [4.69, 9.17) is 18.7 Å². The van der Waals surface area contributed by atoms with Crippen LogP contribution in [0, 0.1) is 13.8 Å². The minimum atomic E-state index is -0.407. The highest BCUT2D eigenvalue weighted by molar-refractivity contribution is 7.13. The molecule has 0 saturated heterocycles. The molecule has 3 heterocycles. The largest absolute Gasteiger partial charge is 0.455 e. The molecule has 8 heteroatoms. The fourth-order valence-electron chi connectivity index (χ4n) is 2.49. The van der Waals surface area contributed by atoms with Crippen molar-refractivity contribution in [3.05, 3.63) is 45.5 Å². The van der Waals surface area contributed by atoms with E-state index >= 15 is 0 Å². The Morgan fingerprint density at radius 1 is 1.24 bits per heavy atom. The van der Waals surface area contributed by atoms with Crippen LogP contribution in [0.4, 0.5) is 0 Å². The summed E-state index contributed by atoms with van der Waals surface area (Å²) in [6.07, 6.45) is 0. The standard InChI is InChI=1S/C17H14N2O5S/c1-9-16(25-10(2)18-9)17(20)21-7-12-6-14(24-19-12)11-3-4-13-15(5-11)23-8-22-13/h3-6H,7-8H2,1-2H3. The van der Waals surface area contributed by atoms with Gasteiger partial charge < -0.3 is 18.7 Å². The van der Waals surface area contributed by atoms with Gasteiger partial charge in [-0.25, -0.2) is 9.78 Å². The van der Waals surface area contributed by atoms with Crippen molar-refractivity contribution in [2.24, 2.45) is 0 Å². The van der Waals surface area contributed by atoms with Gasteiger partial charge in [0, 0.05) is 11.6 Å². The summed E-state index contributed by atoms with van der Waals surface area (Å²) in [6, 6.07) is 7.22. The van der Waals surface area contributed by atoms with Crippen LogP contribution in [-0.2, 0) is 11.3 Å². The van der Waals surface area contributed by atoms with Crippen molar-refractivity contribution in [3.8, 4) is 22.8 Å². The van der Waals surface area contributed by atoms with Crippen molar-refractivity contribution in [1.82, 2.24) is 10.1 Å². The number of thiazole rings is 1. The third-order valence-electron chi connectivity index (χ3n) is 3.66. The summed E-state index contributed by atoms with van der Waals surface area (Å²) in [4.78, 5) is 16.8. The molecule has 4 rings (SSSR count). The monoisotopic (exact) mass is 358 g/mol. The molecule has 0 amide bonds. The smallest absolute Gasteiger partial charge is 0.350 e. The molecule has 0 atom stereocenters. The Bertz CT molecular complexity index is 946. The quantitative estimate of drug-likeness (QED) is 0.660. The molecule has 0 spiro atoms. The topological polar surface area (TPSA) is 83.7 Å². The summed E-state index contributed by atoms with van der Waals surface area (Å²) in [5.74, 6) is 1.52. The fraction of sp³-hybridized carbons (Fsp3) is 0.235. The number of nitrogens with zero attached hydrogens (tertiary/aromatic N) is 2. The van der Waals surface area contributed by atoms with Crippen LogP contribution in [0.25, 0.3) is 11.3 Å². The van der Waals surface area contributed by atoms with E-state index in [0.29, 0.717) is 33.5 Å². The predicted octanol–water partition coefficient (Wildman–Crippen LogP) is 3.50. The van der Waals surface area contributed by atoms with Gasteiger partial charge in [0.05, 0.1) is 10.7 Å². The molecule has 7 nitrogen and oxygen atoms in total. The molecule has 0 radical (unpaired) electrons. The Morgan fingerprint density at radius 2 is 2.08 bits per heavy atom. The van der Waals surface area contributed by atoms with Crippen molar-refractivity contribution in [1.29, 1.82) is 0 Å². The molecule has 1 aliphatic rings. The van der Waals surface area contributed by atoms with Gasteiger partial charge in [-0.3, -0.25) is 0 Å². The Morgan fingerprint density at radius 3 is 2.88 bits per heavy atom. The van der Waals surface area contributed by atoms with Gasteiger partial charge in [-0.1, -0.05) is 5.16 Å². The van der Waals surface area contributed by atoms with Gasteiger partial charge in [0.25, 0.3) is 0 Å². The Balaban J connectivity index is 1.45. The minimum absolute atomic E-state index is 0.0310. The van der Waals surface area contributed by atoms with Crippen LogP contribution in [-0.4, -0.2) is 22.9 Å². The summed E-state index contributed by atoms with van der Waals surface area (Å²) in [6.45, 7) is 3.88. The molecule has 1 aromatic carbocycles. The zero-order valence-corrected chi connectivity index (χ0v) is 14.4. The first-order chi connectivity index (χ1) is 12.1. The summed E-state index contributed by atoms with van der Waals surface area (Å²) < 4.78 is 21.3. The average Bonchev–Trinajstić information content (AvgIpc) is 3.31. The van der Waals surface area contributed by atoms with E-state index in [1.54, 1.807) is 13.0 Å². The first-order valence-corrected chi connectivity index (χ1v) is 8.38. The first-order valence-electron chi connectivity index (χ1n) is 7.57. The van der Waals surface area contributed by atoms with E-state index in [1.165, 1.54) is 11.3 Å². The normalized spacial score (nSPS) is 12.4. The highest BCUT2D eigenvalue weighted by Crippen LogP contribution is 2.36. The second-order valence-corrected chi connectivity index (χ2v) is 6.68. The van der Waals surface area contributed by atoms with Crippen molar-refractivity contribution in [2.75, 3.05) is 6.79 Å². The number of hydrogen-bond donors (Lipinski definition) is 0. The lowest BCUT2D eigenvalue weighted by Gasteiger charge is -2.00. The molecule has 2 aromatic heterocycles. The second-order valence-electron chi connectivity index (χ2n) is 5.47. The molecule has 128 valence electrons. The SMILES string of the molecule is Cc1nc(C)c(C(=O)OCc2cc(-c3ccc4c(c3)OCO4)on2)s1. The van der Waals surface area contributed by atoms with E-state index in [0.717, 1.165) is 10.6 Å². The molecule has 0 saturated carbocycles. The summed E-state index contributed by atoms with van der Waals surface area (Å²) in [7, 11) is 0. The number of benzene rings is 1. The van der Waals surface area contributed by atoms with E-state index in [9.17, 15) is 4.79 Å². The van der Waals surface area contributed by atoms with Crippen LogP contribution in [0.15, 0.2) is 28.8 Å². The van der Waals surface area contributed by atoms with Gasteiger partial charge in [-0.15, -0.1) is 11.3 Å². The van der Waals surface area contributed by atoms with Crippen molar-refractivity contribution < 1.29 is 23.5 Å². The lowest BCUT2D eigenvalue weighted by molar-refractivity contribution is 0.0469. The van der Waals surface area contributed by atoms with E-state index < -0.39 is 5.97 Å². The van der Waals surface area contributed by atoms with Gasteiger partial charge in [-0.05, 0) is 32.0 Å². The van der Waals surface area contributed by atoms with E-state index in [1.807, 2.05) is 25.1 Å². The van der Waals surface area contributed by atoms with Gasteiger partial charge in [-0.2, -0.15) is 0 Å². The molecule has 0 unspecified atom stereocenters. The number of carbonyl (C=O) groups excluding carboxylic acids is 1.